The molecule has 84 valence electrons. The van der Waals surface area contributed by atoms with Gasteiger partial charge in [0.05, 0.1) is 0 Å². The van der Waals surface area contributed by atoms with E-state index >= 15 is 0 Å². The fraction of sp³-hybridized carbons (Fsp3) is 0.286. The fourth-order valence-electron chi connectivity index (χ4n) is 1.25. The molecule has 0 aliphatic rings. The average Bonchev–Trinajstić information content (AvgIpc) is 2.35. The molecule has 0 fully saturated rings. The number of hydrogen-bond acceptors (Lipinski definition) is 2. The molecule has 0 aliphatic carbocycles. The van der Waals surface area contributed by atoms with Gasteiger partial charge in [-0.2, -0.15) is 0 Å². The van der Waals surface area contributed by atoms with Crippen molar-refractivity contribution in [1.82, 2.24) is 0 Å². The van der Waals surface area contributed by atoms with E-state index in [-0.39, 0.29) is 11.7 Å². The zero-order valence-electron chi connectivity index (χ0n) is 9.64. The second-order valence-corrected chi connectivity index (χ2v) is 3.78. The van der Waals surface area contributed by atoms with E-state index in [1.165, 1.54) is 6.08 Å². The van der Waals surface area contributed by atoms with Gasteiger partial charge in [0.2, 0.25) is 11.6 Å². The quantitative estimate of drug-likeness (QED) is 0.560. The van der Waals surface area contributed by atoms with Crippen molar-refractivity contribution in [2.45, 2.75) is 20.3 Å². The molecule has 0 amide bonds. The molecule has 0 aromatic heterocycles. The zero-order chi connectivity index (χ0) is 12.0. The van der Waals surface area contributed by atoms with Crippen LogP contribution in [0, 0.1) is 5.92 Å². The summed E-state index contributed by atoms with van der Waals surface area (Å²) < 4.78 is 0. The third kappa shape index (κ3) is 3.46. The van der Waals surface area contributed by atoms with E-state index in [9.17, 15) is 9.59 Å². The largest absolute Gasteiger partial charge is 0.290 e. The lowest BCUT2D eigenvalue weighted by Gasteiger charge is -2.02. The summed E-state index contributed by atoms with van der Waals surface area (Å²) in [4.78, 5) is 23.0. The van der Waals surface area contributed by atoms with E-state index in [0.717, 1.165) is 5.56 Å². The summed E-state index contributed by atoms with van der Waals surface area (Å²) in [5, 5.41) is 0. The van der Waals surface area contributed by atoms with E-state index < -0.39 is 5.78 Å². The minimum atomic E-state index is -0.418. The molecule has 16 heavy (non-hydrogen) atoms. The Hall–Kier alpha value is -1.70. The smallest absolute Gasteiger partial charge is 0.221 e. The van der Waals surface area contributed by atoms with Gasteiger partial charge in [0, 0.05) is 5.92 Å². The first kappa shape index (κ1) is 12.4. The number of rotatable bonds is 5. The summed E-state index contributed by atoms with van der Waals surface area (Å²) in [5.41, 5.74) is 0.924. The number of benzene rings is 1. The van der Waals surface area contributed by atoms with Gasteiger partial charge in [-0.25, -0.2) is 0 Å². The Labute approximate surface area is 96.0 Å². The average molecular weight is 216 g/mol. The van der Waals surface area contributed by atoms with E-state index in [1.54, 1.807) is 13.0 Å². The molecule has 0 radical (unpaired) electrons. The maximum absolute atomic E-state index is 11.5. The van der Waals surface area contributed by atoms with Crippen LogP contribution in [0.15, 0.2) is 36.4 Å². The number of carbonyl (C=O) groups excluding carboxylic acids is 2. The SMILES string of the molecule is CCC(C)C(=O)C(=O)C=Cc1ccccc1. The minimum absolute atomic E-state index is 0.187. The van der Waals surface area contributed by atoms with Crippen LogP contribution in [-0.4, -0.2) is 11.6 Å². The standard InChI is InChI=1S/C14H16O2/c1-3-11(2)14(16)13(15)10-9-12-7-5-4-6-8-12/h4-11H,3H2,1-2H3. The van der Waals surface area contributed by atoms with Crippen LogP contribution in [0.4, 0.5) is 0 Å². The molecule has 0 saturated heterocycles. The van der Waals surface area contributed by atoms with Crippen LogP contribution in [-0.2, 0) is 9.59 Å². The molecular formula is C14H16O2. The van der Waals surface area contributed by atoms with Crippen LogP contribution in [0.2, 0.25) is 0 Å². The molecule has 2 nitrogen and oxygen atoms in total. The van der Waals surface area contributed by atoms with Gasteiger partial charge in [-0.05, 0) is 18.1 Å². The Morgan fingerprint density at radius 3 is 2.44 bits per heavy atom. The Balaban J connectivity index is 2.65. The lowest BCUT2D eigenvalue weighted by Crippen LogP contribution is -2.18. The van der Waals surface area contributed by atoms with E-state index in [4.69, 9.17) is 0 Å². The third-order valence-corrected chi connectivity index (χ3v) is 2.53. The molecule has 1 aromatic rings. The second-order valence-electron chi connectivity index (χ2n) is 3.78. The second kappa shape index (κ2) is 6.01. The highest BCUT2D eigenvalue weighted by molar-refractivity contribution is 6.42. The Bertz CT molecular complexity index is 390. The van der Waals surface area contributed by atoms with Gasteiger partial charge in [0.1, 0.15) is 0 Å². The van der Waals surface area contributed by atoms with E-state index in [1.807, 2.05) is 37.3 Å². The van der Waals surface area contributed by atoms with Crippen molar-refractivity contribution in [1.29, 1.82) is 0 Å². The first-order valence-corrected chi connectivity index (χ1v) is 5.46. The summed E-state index contributed by atoms with van der Waals surface area (Å²) in [7, 11) is 0. The minimum Gasteiger partial charge on any atom is -0.290 e. The van der Waals surface area contributed by atoms with Crippen molar-refractivity contribution in [3.05, 3.63) is 42.0 Å². The number of hydrogen-bond donors (Lipinski definition) is 0. The summed E-state index contributed by atoms with van der Waals surface area (Å²) in [5.74, 6) is -0.916. The molecular weight excluding hydrogens is 200 g/mol. The molecule has 1 atom stereocenters. The molecule has 2 heteroatoms. The topological polar surface area (TPSA) is 34.1 Å². The Kier molecular flexibility index (Phi) is 4.65. The van der Waals surface area contributed by atoms with Gasteiger partial charge in [-0.15, -0.1) is 0 Å². The van der Waals surface area contributed by atoms with Crippen LogP contribution >= 0.6 is 0 Å². The monoisotopic (exact) mass is 216 g/mol. The van der Waals surface area contributed by atoms with Gasteiger partial charge in [-0.1, -0.05) is 50.3 Å². The first-order valence-electron chi connectivity index (χ1n) is 5.46. The molecule has 1 rings (SSSR count). The lowest BCUT2D eigenvalue weighted by atomic mass is 10.00. The van der Waals surface area contributed by atoms with Crippen LogP contribution < -0.4 is 0 Å². The van der Waals surface area contributed by atoms with Crippen molar-refractivity contribution >= 4 is 17.6 Å². The fourth-order valence-corrected chi connectivity index (χ4v) is 1.25. The molecule has 1 aromatic carbocycles. The van der Waals surface area contributed by atoms with Gasteiger partial charge in [0.15, 0.2) is 0 Å². The van der Waals surface area contributed by atoms with Crippen molar-refractivity contribution in [2.24, 2.45) is 5.92 Å². The predicted octanol–water partition coefficient (Wildman–Crippen LogP) is 2.88. The molecule has 0 aliphatic heterocycles. The van der Waals surface area contributed by atoms with Gasteiger partial charge < -0.3 is 0 Å². The molecule has 0 N–H and O–H groups in total. The third-order valence-electron chi connectivity index (χ3n) is 2.53. The highest BCUT2D eigenvalue weighted by atomic mass is 16.2. The highest BCUT2D eigenvalue weighted by Crippen LogP contribution is 2.05. The van der Waals surface area contributed by atoms with Crippen LogP contribution in [0.3, 0.4) is 0 Å². The van der Waals surface area contributed by atoms with Crippen molar-refractivity contribution in [2.75, 3.05) is 0 Å². The summed E-state index contributed by atoms with van der Waals surface area (Å²) >= 11 is 0. The molecule has 1 unspecified atom stereocenters. The summed E-state index contributed by atoms with van der Waals surface area (Å²) in [6, 6.07) is 9.46. The van der Waals surface area contributed by atoms with Gasteiger partial charge >= 0.3 is 0 Å². The van der Waals surface area contributed by atoms with E-state index in [2.05, 4.69) is 0 Å². The number of carbonyl (C=O) groups is 2. The van der Waals surface area contributed by atoms with Crippen molar-refractivity contribution in [3.63, 3.8) is 0 Å². The molecule has 0 heterocycles. The van der Waals surface area contributed by atoms with Crippen LogP contribution in [0.25, 0.3) is 6.08 Å². The van der Waals surface area contributed by atoms with Gasteiger partial charge in [0.25, 0.3) is 0 Å². The summed E-state index contributed by atoms with van der Waals surface area (Å²) in [6.07, 6.45) is 3.72. The lowest BCUT2D eigenvalue weighted by molar-refractivity contribution is -0.136. The number of Topliss-reactive ketones (excluding diaryl/α,β-unsaturated/α-hetero) is 1. The predicted molar refractivity (Wildman–Crippen MR) is 64.9 cm³/mol. The van der Waals surface area contributed by atoms with Crippen LogP contribution in [0.1, 0.15) is 25.8 Å². The normalized spacial score (nSPS) is 12.6. The summed E-state index contributed by atoms with van der Waals surface area (Å²) in [6.45, 7) is 3.67. The van der Waals surface area contributed by atoms with Gasteiger partial charge in [-0.3, -0.25) is 9.59 Å². The maximum Gasteiger partial charge on any atom is 0.221 e. The maximum atomic E-state index is 11.5. The molecule has 0 spiro atoms. The first-order chi connectivity index (χ1) is 7.65. The Morgan fingerprint density at radius 2 is 1.88 bits per heavy atom. The number of ketones is 2. The van der Waals surface area contributed by atoms with Crippen LogP contribution in [0.5, 0.6) is 0 Å². The molecule has 0 saturated carbocycles. The molecule has 0 bridgehead atoms. The van der Waals surface area contributed by atoms with Crippen molar-refractivity contribution < 1.29 is 9.59 Å². The highest BCUT2D eigenvalue weighted by Gasteiger charge is 2.16. The van der Waals surface area contributed by atoms with E-state index in [0.29, 0.717) is 6.42 Å². The Morgan fingerprint density at radius 1 is 1.25 bits per heavy atom. The zero-order valence-corrected chi connectivity index (χ0v) is 9.64. The van der Waals surface area contributed by atoms with Crippen molar-refractivity contribution in [3.8, 4) is 0 Å². The number of allylic oxidation sites excluding steroid dienone is 1.